The van der Waals surface area contributed by atoms with Gasteiger partial charge in [-0.05, 0) is 23.7 Å². The van der Waals surface area contributed by atoms with E-state index in [9.17, 15) is 15.8 Å². The van der Waals surface area contributed by atoms with Crippen molar-refractivity contribution in [1.82, 2.24) is 4.90 Å². The van der Waals surface area contributed by atoms with Gasteiger partial charge in [0.05, 0.1) is 23.9 Å². The second-order valence-corrected chi connectivity index (χ2v) is 7.78. The highest BCUT2D eigenvalue weighted by Crippen LogP contribution is 2.55. The molecule has 1 aromatic carbocycles. The van der Waals surface area contributed by atoms with E-state index in [0.29, 0.717) is 35.2 Å². The molecule has 2 aliphatic heterocycles. The molecule has 3 aliphatic rings. The number of nitrogens with zero attached hydrogens (tertiary/aromatic N) is 4. The third-order valence-corrected chi connectivity index (χ3v) is 6.47. The summed E-state index contributed by atoms with van der Waals surface area (Å²) < 4.78 is 10.9. The van der Waals surface area contributed by atoms with Crippen LogP contribution < -0.4 is 9.47 Å². The molecule has 1 fully saturated rings. The molecule has 0 amide bonds. The first-order chi connectivity index (χ1) is 14.0. The van der Waals surface area contributed by atoms with Gasteiger partial charge < -0.3 is 14.9 Å². The molecule has 1 N–H and O–H groups in total. The smallest absolute Gasteiger partial charge is 0.231 e. The summed E-state index contributed by atoms with van der Waals surface area (Å²) in [6.07, 6.45) is 1.96. The Morgan fingerprint density at radius 1 is 1.24 bits per heavy atom. The van der Waals surface area contributed by atoms with Gasteiger partial charge >= 0.3 is 0 Å². The second kappa shape index (κ2) is 7.08. The largest absolute Gasteiger partial charge is 0.454 e. The first-order valence-corrected chi connectivity index (χ1v) is 9.70. The fourth-order valence-corrected chi connectivity index (χ4v) is 4.91. The van der Waals surface area contributed by atoms with Crippen LogP contribution in [-0.4, -0.2) is 37.0 Å². The minimum atomic E-state index is -1.80. The van der Waals surface area contributed by atoms with E-state index < -0.39 is 17.3 Å². The van der Waals surface area contributed by atoms with Crippen LogP contribution in [0.25, 0.3) is 0 Å². The number of fused-ring (bicyclic) bond motifs is 2. The number of rotatable bonds is 2. The van der Waals surface area contributed by atoms with E-state index in [-0.39, 0.29) is 18.4 Å². The van der Waals surface area contributed by atoms with Crippen LogP contribution >= 0.6 is 11.6 Å². The predicted molar refractivity (Wildman–Crippen MR) is 104 cm³/mol. The fourth-order valence-electron chi connectivity index (χ4n) is 4.64. The Kier molecular flexibility index (Phi) is 4.71. The number of nitrogens with one attached hydrogen (secondary N) is 1. The fraction of sp³-hybridized carbons (Fsp3) is 0.429. The summed E-state index contributed by atoms with van der Waals surface area (Å²) in [5.74, 6) is -0.871. The zero-order valence-electron chi connectivity index (χ0n) is 15.8. The summed E-state index contributed by atoms with van der Waals surface area (Å²) in [6, 6.07) is 9.64. The molecule has 0 radical (unpaired) electrons. The lowest BCUT2D eigenvalue weighted by Crippen LogP contribution is -2.52. The van der Waals surface area contributed by atoms with Crippen molar-refractivity contribution in [2.45, 2.75) is 12.8 Å². The molecule has 1 saturated carbocycles. The number of ether oxygens (including phenoxy) is 2. The highest BCUT2D eigenvalue weighted by atomic mass is 35.5. The van der Waals surface area contributed by atoms with Crippen molar-refractivity contribution in [3.8, 4) is 29.7 Å². The van der Waals surface area contributed by atoms with Gasteiger partial charge in [-0.2, -0.15) is 15.8 Å². The van der Waals surface area contributed by atoms with E-state index in [1.807, 2.05) is 13.0 Å². The van der Waals surface area contributed by atoms with Gasteiger partial charge in [0.2, 0.25) is 6.79 Å². The van der Waals surface area contributed by atoms with E-state index in [1.54, 1.807) is 12.1 Å². The summed E-state index contributed by atoms with van der Waals surface area (Å²) >= 11 is 6.58. The van der Waals surface area contributed by atoms with Crippen molar-refractivity contribution < 1.29 is 9.47 Å². The van der Waals surface area contributed by atoms with Crippen molar-refractivity contribution in [2.24, 2.45) is 17.3 Å². The highest BCUT2D eigenvalue weighted by Gasteiger charge is 2.58. The molecule has 1 aromatic rings. The molecule has 29 heavy (non-hydrogen) atoms. The normalized spacial score (nSPS) is 27.2. The number of nitriles is 3. The number of benzene rings is 1. The van der Waals surface area contributed by atoms with Crippen molar-refractivity contribution in [2.75, 3.05) is 26.4 Å². The lowest BCUT2D eigenvalue weighted by atomic mass is 9.54. The molecule has 1 aliphatic carbocycles. The van der Waals surface area contributed by atoms with Gasteiger partial charge in [0.1, 0.15) is 5.92 Å². The summed E-state index contributed by atoms with van der Waals surface area (Å²) in [5, 5.41) is 39.0. The molecule has 0 bridgehead atoms. The Labute approximate surface area is 173 Å². The van der Waals surface area contributed by atoms with E-state index in [1.165, 1.54) is 0 Å². The van der Waals surface area contributed by atoms with Crippen molar-refractivity contribution in [3.63, 3.8) is 0 Å². The van der Waals surface area contributed by atoms with Gasteiger partial charge in [0.25, 0.3) is 0 Å². The zero-order valence-corrected chi connectivity index (χ0v) is 16.5. The van der Waals surface area contributed by atoms with Crippen LogP contribution in [0.15, 0.2) is 23.8 Å². The maximum Gasteiger partial charge on any atom is 0.231 e. The molecule has 0 saturated heterocycles. The third kappa shape index (κ3) is 2.69. The standard InChI is InChI=1S/C21H18ClN5O2/c1-2-27-4-3-12-14(7-23)20(26)21(9-24,10-25)19(15(12)8-27)13-5-17-18(6-16(13)22)29-11-28-17/h3,5-6,14-15,19,26H,2,4,8,11H2,1H3/t14?,15-,19-/m0/s1. The summed E-state index contributed by atoms with van der Waals surface area (Å²) in [4.78, 5) is 2.19. The molecule has 0 aromatic heterocycles. The summed E-state index contributed by atoms with van der Waals surface area (Å²) in [6.45, 7) is 4.15. The molecule has 2 heterocycles. The molecule has 7 nitrogen and oxygen atoms in total. The topological polar surface area (TPSA) is 117 Å². The van der Waals surface area contributed by atoms with E-state index in [4.69, 9.17) is 26.5 Å². The Morgan fingerprint density at radius 2 is 1.93 bits per heavy atom. The predicted octanol–water partition coefficient (Wildman–Crippen LogP) is 3.24. The molecular weight excluding hydrogens is 390 g/mol. The van der Waals surface area contributed by atoms with Crippen LogP contribution in [0.4, 0.5) is 0 Å². The first-order valence-electron chi connectivity index (χ1n) is 9.33. The zero-order chi connectivity index (χ0) is 20.8. The van der Waals surface area contributed by atoms with Crippen LogP contribution in [0.3, 0.4) is 0 Å². The van der Waals surface area contributed by atoms with Gasteiger partial charge in [-0.25, -0.2) is 0 Å². The first kappa shape index (κ1) is 19.3. The maximum atomic E-state index is 10.1. The number of likely N-dealkylation sites (N-methyl/N-ethyl adjacent to an activating group) is 1. The van der Waals surface area contributed by atoms with Crippen molar-refractivity contribution in [3.05, 3.63) is 34.4 Å². The minimum absolute atomic E-state index is 0.0753. The highest BCUT2D eigenvalue weighted by molar-refractivity contribution is 6.31. The van der Waals surface area contributed by atoms with Gasteiger partial charge in [-0.15, -0.1) is 0 Å². The lowest BCUT2D eigenvalue weighted by Gasteiger charge is -2.47. The number of halogens is 1. The molecule has 0 spiro atoms. The number of hydrogen-bond acceptors (Lipinski definition) is 7. The quantitative estimate of drug-likeness (QED) is 0.752. The average molecular weight is 408 g/mol. The average Bonchev–Trinajstić information content (AvgIpc) is 3.19. The van der Waals surface area contributed by atoms with Crippen LogP contribution in [0.5, 0.6) is 11.5 Å². The second-order valence-electron chi connectivity index (χ2n) is 7.37. The number of hydrogen-bond donors (Lipinski definition) is 1. The van der Waals surface area contributed by atoms with Crippen LogP contribution in [0.1, 0.15) is 18.4 Å². The molecule has 1 unspecified atom stereocenters. The van der Waals surface area contributed by atoms with Gasteiger partial charge in [0, 0.05) is 36.0 Å². The Morgan fingerprint density at radius 3 is 2.55 bits per heavy atom. The third-order valence-electron chi connectivity index (χ3n) is 6.14. The molecular formula is C21H18ClN5O2. The maximum absolute atomic E-state index is 10.1. The monoisotopic (exact) mass is 407 g/mol. The lowest BCUT2D eigenvalue weighted by molar-refractivity contribution is 0.173. The van der Waals surface area contributed by atoms with Gasteiger partial charge in [-0.3, -0.25) is 4.90 Å². The van der Waals surface area contributed by atoms with E-state index >= 15 is 0 Å². The summed E-state index contributed by atoms with van der Waals surface area (Å²) in [5.41, 5.74) is -0.622. The van der Waals surface area contributed by atoms with E-state index in [2.05, 4.69) is 23.1 Å². The van der Waals surface area contributed by atoms with Gasteiger partial charge in [0.15, 0.2) is 16.9 Å². The van der Waals surface area contributed by atoms with E-state index in [0.717, 1.165) is 12.1 Å². The Balaban J connectivity index is 1.96. The van der Waals surface area contributed by atoms with Crippen molar-refractivity contribution >= 4 is 17.3 Å². The van der Waals surface area contributed by atoms with Gasteiger partial charge in [-0.1, -0.05) is 24.6 Å². The van der Waals surface area contributed by atoms with Crippen LogP contribution in [0, 0.1) is 56.7 Å². The minimum Gasteiger partial charge on any atom is -0.454 e. The SMILES string of the molecule is CCN1CC=C2C(C#N)C(=N)C(C#N)(C#N)[C@@H](c3cc4c(cc3Cl)OCO4)[C@H]2C1. The molecule has 3 atom stereocenters. The van der Waals surface area contributed by atoms with Crippen LogP contribution in [-0.2, 0) is 0 Å². The molecule has 8 heteroatoms. The Hall–Kier alpha value is -3.05. The van der Waals surface area contributed by atoms with Crippen molar-refractivity contribution in [1.29, 1.82) is 21.2 Å². The summed E-state index contributed by atoms with van der Waals surface area (Å²) in [7, 11) is 0. The van der Waals surface area contributed by atoms with Crippen LogP contribution in [0.2, 0.25) is 5.02 Å². The molecule has 4 rings (SSSR count). The Bertz CT molecular complexity index is 1030. The molecule has 146 valence electrons.